The molecule has 2 heterocycles. The zero-order valence-corrected chi connectivity index (χ0v) is 31.3. The van der Waals surface area contributed by atoms with Gasteiger partial charge in [0.05, 0.1) is 0 Å². The first-order valence-electron chi connectivity index (χ1n) is 18.1. The van der Waals surface area contributed by atoms with Crippen LogP contribution in [0.1, 0.15) is 57.3 Å². The third-order valence-corrected chi connectivity index (χ3v) is 12.2. The zero-order chi connectivity index (χ0) is 36.0. The van der Waals surface area contributed by atoms with Gasteiger partial charge in [-0.15, -0.1) is 0 Å². The van der Waals surface area contributed by atoms with Crippen molar-refractivity contribution in [2.75, 3.05) is 19.0 Å². The summed E-state index contributed by atoms with van der Waals surface area (Å²) in [6.07, 6.45) is 1.83. The number of esters is 1. The molecule has 0 aliphatic carbocycles. The van der Waals surface area contributed by atoms with Crippen LogP contribution >= 0.6 is 0 Å². The fraction of sp³-hybridized carbons (Fsp3) is 0.152. The Bertz CT molecular complexity index is 2370. The van der Waals surface area contributed by atoms with E-state index in [0.29, 0.717) is 11.5 Å². The molecule has 6 aromatic carbocycles. The second-order valence-electron chi connectivity index (χ2n) is 13.2. The summed E-state index contributed by atoms with van der Waals surface area (Å²) in [6, 6.07) is 55.0. The predicted octanol–water partition coefficient (Wildman–Crippen LogP) is 9.95. The number of rotatable bonds is 13. The summed E-state index contributed by atoms with van der Waals surface area (Å²) < 4.78 is 9.64. The van der Waals surface area contributed by atoms with Crippen LogP contribution in [0.15, 0.2) is 158 Å². The second-order valence-corrected chi connectivity index (χ2v) is 15.3. The third-order valence-electron chi connectivity index (χ3n) is 9.98. The van der Waals surface area contributed by atoms with Crippen molar-refractivity contribution in [1.82, 2.24) is 14.5 Å². The number of methoxy groups -OCH3 is 1. The van der Waals surface area contributed by atoms with Gasteiger partial charge in [-0.05, 0) is 0 Å². The van der Waals surface area contributed by atoms with E-state index >= 15 is 0 Å². The second kappa shape index (κ2) is 15.9. The van der Waals surface area contributed by atoms with E-state index in [1.165, 1.54) is 33.6 Å². The maximum atomic E-state index is 12.6. The maximum absolute atomic E-state index is 12.6. The number of ether oxygens (including phenoxy) is 1. The van der Waals surface area contributed by atoms with Crippen molar-refractivity contribution in [2.24, 2.45) is 0 Å². The van der Waals surface area contributed by atoms with Gasteiger partial charge in [0.1, 0.15) is 0 Å². The van der Waals surface area contributed by atoms with Crippen LogP contribution in [0.3, 0.4) is 0 Å². The van der Waals surface area contributed by atoms with Crippen LogP contribution in [-0.4, -0.2) is 48.7 Å². The van der Waals surface area contributed by atoms with Crippen molar-refractivity contribution >= 4 is 46.0 Å². The van der Waals surface area contributed by atoms with Gasteiger partial charge in [0, 0.05) is 0 Å². The number of nitrogens with one attached hydrogen (secondary N) is 1. The van der Waals surface area contributed by atoms with E-state index in [-0.39, 0.29) is 26.4 Å². The number of carbonyl (C=O) groups excluding carboxylic acids is 1. The minimum absolute atomic E-state index is 0.0301. The van der Waals surface area contributed by atoms with Gasteiger partial charge in [-0.25, -0.2) is 0 Å². The van der Waals surface area contributed by atoms with Crippen molar-refractivity contribution in [3.63, 3.8) is 0 Å². The van der Waals surface area contributed by atoms with Gasteiger partial charge in [0.15, 0.2) is 0 Å². The van der Waals surface area contributed by atoms with Crippen LogP contribution in [0.4, 0.5) is 4.69 Å². The van der Waals surface area contributed by atoms with Gasteiger partial charge in [-0.1, -0.05) is 0 Å². The molecule has 0 saturated heterocycles. The van der Waals surface area contributed by atoms with E-state index in [1.54, 1.807) is 0 Å². The number of fused-ring (bicyclic) bond motifs is 2. The molecule has 2 aromatic heterocycles. The molecular formula is C46H40N4O2Se. The number of hydrogen-bond acceptors (Lipinski definition) is 5. The predicted molar refractivity (Wildman–Crippen MR) is 216 cm³/mol. The van der Waals surface area contributed by atoms with E-state index in [2.05, 4.69) is 149 Å². The average molecular weight is 760 g/mol. The monoisotopic (exact) mass is 760 g/mol. The summed E-state index contributed by atoms with van der Waals surface area (Å²) in [4.78, 5) is 22.9. The quantitative estimate of drug-likeness (QED) is 0.0937. The minimum atomic E-state index is -0.369. The Labute approximate surface area is 315 Å². The van der Waals surface area contributed by atoms with E-state index in [9.17, 15) is 4.79 Å². The molecule has 0 aliphatic heterocycles. The molecule has 0 unspecified atom stereocenters. The standard InChI is InChI=1S/C46H40N4O2Se/c1-52-45(51)36-25-26-42-41(31-36)48-44(50(42)30-28-38(34-19-10-4-11-20-34)35-21-12-5-13-22-35)39-23-14-24-40-43(39)53-46(49-40)47-29-27-37(32-15-6-2-7-16-32)33-17-8-3-9-18-33/h2-26,31,37-38H,27-30H2,1H3,(H,47,49). The average Bonchev–Trinajstić information content (AvgIpc) is 3.81. The van der Waals surface area contributed by atoms with Crippen LogP contribution in [0.5, 0.6) is 0 Å². The van der Waals surface area contributed by atoms with Gasteiger partial charge in [0.2, 0.25) is 0 Å². The van der Waals surface area contributed by atoms with E-state index in [4.69, 9.17) is 14.7 Å². The molecule has 53 heavy (non-hydrogen) atoms. The van der Waals surface area contributed by atoms with E-state index < -0.39 is 0 Å². The number of aryl methyl sites for hydroxylation is 1. The summed E-state index contributed by atoms with van der Waals surface area (Å²) >= 11 is -0.0301. The molecule has 0 spiro atoms. The zero-order valence-electron chi connectivity index (χ0n) is 29.6. The van der Waals surface area contributed by atoms with Crippen molar-refractivity contribution in [3.8, 4) is 11.4 Å². The molecule has 0 aliphatic rings. The van der Waals surface area contributed by atoms with Crippen molar-refractivity contribution in [1.29, 1.82) is 0 Å². The molecule has 1 N–H and O–H groups in total. The molecule has 262 valence electrons. The number of nitrogens with zero attached hydrogens (tertiary/aromatic N) is 3. The Kier molecular flexibility index (Phi) is 10.3. The first kappa shape index (κ1) is 34.3. The molecule has 0 amide bonds. The topological polar surface area (TPSA) is 69.0 Å². The van der Waals surface area contributed by atoms with Crippen LogP contribution < -0.4 is 5.32 Å². The fourth-order valence-corrected chi connectivity index (χ4v) is 9.48. The number of benzene rings is 6. The molecule has 0 atom stereocenters. The number of carbonyl (C=O) groups is 1. The molecular weight excluding hydrogens is 719 g/mol. The normalized spacial score (nSPS) is 11.5. The number of aromatic nitrogens is 3. The summed E-state index contributed by atoms with van der Waals surface area (Å²) in [5.41, 5.74) is 9.54. The number of anilines is 1. The molecule has 0 radical (unpaired) electrons. The van der Waals surface area contributed by atoms with Gasteiger partial charge < -0.3 is 0 Å². The summed E-state index contributed by atoms with van der Waals surface area (Å²) in [6.45, 7) is 1.55. The molecule has 6 nitrogen and oxygen atoms in total. The molecule has 0 bridgehead atoms. The van der Waals surface area contributed by atoms with Crippen LogP contribution in [0, 0.1) is 0 Å². The summed E-state index contributed by atoms with van der Waals surface area (Å²) in [7, 11) is 1.41. The van der Waals surface area contributed by atoms with Gasteiger partial charge in [-0.2, -0.15) is 0 Å². The summed E-state index contributed by atoms with van der Waals surface area (Å²) in [5, 5.41) is 3.72. The Morgan fingerprint density at radius 1 is 0.660 bits per heavy atom. The Morgan fingerprint density at radius 2 is 1.23 bits per heavy atom. The SMILES string of the molecule is COC(=O)c1ccc2c(c1)nc(-c1cccc3nc(NCCC(c4ccccc4)c4ccccc4)[se]c13)n2CCC(c1ccccc1)c1ccccc1. The fourth-order valence-electron chi connectivity index (χ4n) is 7.38. The Hall–Kier alpha value is -5.75. The van der Waals surface area contributed by atoms with Crippen molar-refractivity contribution in [3.05, 3.63) is 186 Å². The third kappa shape index (κ3) is 7.45. The van der Waals surface area contributed by atoms with E-state index in [1.807, 2.05) is 18.2 Å². The van der Waals surface area contributed by atoms with Crippen LogP contribution in [0.2, 0.25) is 0 Å². The van der Waals surface area contributed by atoms with E-state index in [0.717, 1.165) is 58.6 Å². The molecule has 0 saturated carbocycles. The van der Waals surface area contributed by atoms with Gasteiger partial charge in [0.25, 0.3) is 0 Å². The van der Waals surface area contributed by atoms with Crippen molar-refractivity contribution < 1.29 is 9.53 Å². The van der Waals surface area contributed by atoms with Crippen LogP contribution in [-0.2, 0) is 11.3 Å². The van der Waals surface area contributed by atoms with Gasteiger partial charge >= 0.3 is 317 Å². The molecule has 0 fully saturated rings. The molecule has 8 aromatic rings. The first-order chi connectivity index (χ1) is 26.2. The van der Waals surface area contributed by atoms with Gasteiger partial charge in [-0.3, -0.25) is 0 Å². The number of imidazole rings is 1. The van der Waals surface area contributed by atoms with Crippen LogP contribution in [0.25, 0.3) is 32.2 Å². The molecule has 8 rings (SSSR count). The summed E-state index contributed by atoms with van der Waals surface area (Å²) in [5.74, 6) is 1.02. The number of hydrogen-bond donors (Lipinski definition) is 1. The Morgan fingerprint density at radius 3 is 1.79 bits per heavy atom. The molecule has 7 heteroatoms. The van der Waals surface area contributed by atoms with Crippen molar-refractivity contribution in [2.45, 2.75) is 31.2 Å². The Balaban J connectivity index is 1.13. The first-order valence-corrected chi connectivity index (χ1v) is 19.8.